The molecule has 0 atom stereocenters. The molecule has 1 N–H and O–H groups in total. The summed E-state index contributed by atoms with van der Waals surface area (Å²) >= 11 is 1.55. The SMILES string of the molecule is CCCCN(CC(=O)Nc1cc(C(C)(C)C)nn1-c1ccc(OC)cc1)C(=O)Cc1cccs1. The number of nitrogens with one attached hydrogen (secondary N) is 1. The van der Waals surface area contributed by atoms with Crippen LogP contribution in [0.3, 0.4) is 0 Å². The Hall–Kier alpha value is -3.13. The van der Waals surface area contributed by atoms with Crippen molar-refractivity contribution < 1.29 is 14.3 Å². The van der Waals surface area contributed by atoms with Gasteiger partial charge in [-0.15, -0.1) is 11.3 Å². The van der Waals surface area contributed by atoms with Crippen LogP contribution in [0, 0.1) is 0 Å². The highest BCUT2D eigenvalue weighted by Crippen LogP contribution is 2.27. The minimum absolute atomic E-state index is 0.00283. The molecule has 3 rings (SSSR count). The number of anilines is 1. The molecule has 2 aromatic heterocycles. The summed E-state index contributed by atoms with van der Waals surface area (Å²) in [4.78, 5) is 28.6. The van der Waals surface area contributed by atoms with E-state index < -0.39 is 0 Å². The number of amides is 2. The zero-order valence-electron chi connectivity index (χ0n) is 20.6. The fourth-order valence-electron chi connectivity index (χ4n) is 3.43. The molecule has 0 aliphatic carbocycles. The van der Waals surface area contributed by atoms with Gasteiger partial charge in [-0.25, -0.2) is 4.68 Å². The fraction of sp³-hybridized carbons (Fsp3) is 0.423. The van der Waals surface area contributed by atoms with Crippen LogP contribution in [0.1, 0.15) is 51.1 Å². The van der Waals surface area contributed by atoms with E-state index in [1.807, 2.05) is 47.8 Å². The average Bonchev–Trinajstić information content (AvgIpc) is 3.46. The summed E-state index contributed by atoms with van der Waals surface area (Å²) in [6.07, 6.45) is 2.11. The first kappa shape index (κ1) is 25.5. The predicted molar refractivity (Wildman–Crippen MR) is 137 cm³/mol. The van der Waals surface area contributed by atoms with Gasteiger partial charge in [-0.05, 0) is 42.1 Å². The topological polar surface area (TPSA) is 76.5 Å². The van der Waals surface area contributed by atoms with Gasteiger partial charge in [-0.3, -0.25) is 9.59 Å². The molecule has 8 heteroatoms. The molecule has 182 valence electrons. The Morgan fingerprint density at radius 3 is 2.50 bits per heavy atom. The highest BCUT2D eigenvalue weighted by molar-refractivity contribution is 7.10. The number of hydrogen-bond acceptors (Lipinski definition) is 5. The Morgan fingerprint density at radius 2 is 1.91 bits per heavy atom. The second kappa shape index (κ2) is 11.3. The molecule has 3 aromatic rings. The van der Waals surface area contributed by atoms with Gasteiger partial charge in [0.25, 0.3) is 0 Å². The van der Waals surface area contributed by atoms with Crippen LogP contribution in [0.15, 0.2) is 47.8 Å². The smallest absolute Gasteiger partial charge is 0.245 e. The van der Waals surface area contributed by atoms with E-state index in [0.717, 1.165) is 34.8 Å². The highest BCUT2D eigenvalue weighted by atomic mass is 32.1. The van der Waals surface area contributed by atoms with Crippen LogP contribution in [0.5, 0.6) is 5.75 Å². The lowest BCUT2D eigenvalue weighted by Gasteiger charge is -2.22. The van der Waals surface area contributed by atoms with E-state index in [1.165, 1.54) is 0 Å². The lowest BCUT2D eigenvalue weighted by atomic mass is 9.92. The zero-order chi connectivity index (χ0) is 24.7. The van der Waals surface area contributed by atoms with Crippen molar-refractivity contribution in [2.75, 3.05) is 25.5 Å². The van der Waals surface area contributed by atoms with Crippen molar-refractivity contribution in [2.24, 2.45) is 0 Å². The third-order valence-corrected chi connectivity index (χ3v) is 6.31. The van der Waals surface area contributed by atoms with Gasteiger partial charge in [0.15, 0.2) is 0 Å². The number of benzene rings is 1. The van der Waals surface area contributed by atoms with Crippen molar-refractivity contribution in [3.63, 3.8) is 0 Å². The average molecular weight is 483 g/mol. The standard InChI is InChI=1S/C26H34N4O3S/c1-6-7-14-29(25(32)16-21-9-8-15-34-21)18-24(31)27-23-17-22(26(2,3)4)28-30(23)19-10-12-20(33-5)13-11-19/h8-13,15,17H,6-7,14,16,18H2,1-5H3,(H,27,31). The number of methoxy groups -OCH3 is 1. The quantitative estimate of drug-likeness (QED) is 0.439. The third-order valence-electron chi connectivity index (χ3n) is 5.44. The van der Waals surface area contributed by atoms with Gasteiger partial charge in [-0.2, -0.15) is 5.10 Å². The van der Waals surface area contributed by atoms with E-state index in [1.54, 1.807) is 28.0 Å². The van der Waals surface area contributed by atoms with Crippen molar-refractivity contribution >= 4 is 29.0 Å². The molecule has 2 amide bonds. The van der Waals surface area contributed by atoms with Gasteiger partial charge in [0.2, 0.25) is 11.8 Å². The number of unbranched alkanes of at least 4 members (excludes halogenated alkanes) is 1. The van der Waals surface area contributed by atoms with Crippen molar-refractivity contribution in [3.05, 3.63) is 58.4 Å². The lowest BCUT2D eigenvalue weighted by Crippen LogP contribution is -2.39. The van der Waals surface area contributed by atoms with Crippen molar-refractivity contribution in [1.29, 1.82) is 0 Å². The molecule has 7 nitrogen and oxygen atoms in total. The van der Waals surface area contributed by atoms with Gasteiger partial charge in [0.1, 0.15) is 11.6 Å². The Balaban J connectivity index is 1.80. The first-order valence-corrected chi connectivity index (χ1v) is 12.4. The maximum atomic E-state index is 13.1. The van der Waals surface area contributed by atoms with Gasteiger partial charge in [-0.1, -0.05) is 40.2 Å². The highest BCUT2D eigenvalue weighted by Gasteiger charge is 2.23. The molecule has 0 saturated carbocycles. The molecule has 0 fully saturated rings. The minimum atomic E-state index is -0.245. The van der Waals surface area contributed by atoms with Crippen molar-refractivity contribution in [3.8, 4) is 11.4 Å². The third kappa shape index (κ3) is 6.70. The Kier molecular flexibility index (Phi) is 8.50. The van der Waals surface area contributed by atoms with E-state index in [4.69, 9.17) is 9.84 Å². The molecule has 0 radical (unpaired) electrons. The van der Waals surface area contributed by atoms with Crippen LogP contribution in [-0.2, 0) is 21.4 Å². The lowest BCUT2D eigenvalue weighted by molar-refractivity contribution is -0.134. The van der Waals surface area contributed by atoms with Gasteiger partial charge in [0.05, 0.1) is 31.5 Å². The van der Waals surface area contributed by atoms with Gasteiger partial charge in [0, 0.05) is 22.9 Å². The van der Waals surface area contributed by atoms with Crippen LogP contribution >= 0.6 is 11.3 Å². The molecular formula is C26H34N4O3S. The van der Waals surface area contributed by atoms with Gasteiger partial charge < -0.3 is 15.0 Å². The number of hydrogen-bond donors (Lipinski definition) is 1. The number of nitrogens with zero attached hydrogens (tertiary/aromatic N) is 3. The van der Waals surface area contributed by atoms with Crippen molar-refractivity contribution in [2.45, 2.75) is 52.4 Å². The van der Waals surface area contributed by atoms with Crippen LogP contribution in [0.25, 0.3) is 5.69 Å². The summed E-state index contributed by atoms with van der Waals surface area (Å²) < 4.78 is 6.98. The van der Waals surface area contributed by atoms with E-state index in [2.05, 4.69) is 33.0 Å². The van der Waals surface area contributed by atoms with Crippen LogP contribution in [0.2, 0.25) is 0 Å². The maximum Gasteiger partial charge on any atom is 0.245 e. The molecule has 1 aromatic carbocycles. The van der Waals surface area contributed by atoms with Crippen LogP contribution in [-0.4, -0.2) is 46.7 Å². The van der Waals surface area contributed by atoms with E-state index in [9.17, 15) is 9.59 Å². The van der Waals surface area contributed by atoms with E-state index >= 15 is 0 Å². The molecule has 0 unspecified atom stereocenters. The summed E-state index contributed by atoms with van der Waals surface area (Å²) in [5.74, 6) is 1.03. The first-order valence-electron chi connectivity index (χ1n) is 11.6. The van der Waals surface area contributed by atoms with Crippen LogP contribution in [0.4, 0.5) is 5.82 Å². The molecule has 0 bridgehead atoms. The summed E-state index contributed by atoms with van der Waals surface area (Å²) in [6, 6.07) is 13.3. The summed E-state index contributed by atoms with van der Waals surface area (Å²) in [5.41, 5.74) is 1.47. The molecule has 0 saturated heterocycles. The second-order valence-corrected chi connectivity index (χ2v) is 10.3. The van der Waals surface area contributed by atoms with Crippen LogP contribution < -0.4 is 10.1 Å². The number of rotatable bonds is 10. The monoisotopic (exact) mass is 482 g/mol. The predicted octanol–water partition coefficient (Wildman–Crippen LogP) is 5.05. The Bertz CT molecular complexity index is 1080. The summed E-state index contributed by atoms with van der Waals surface area (Å²) in [7, 11) is 1.62. The summed E-state index contributed by atoms with van der Waals surface area (Å²) in [6.45, 7) is 8.87. The molecule has 2 heterocycles. The maximum absolute atomic E-state index is 13.1. The number of aromatic nitrogens is 2. The largest absolute Gasteiger partial charge is 0.497 e. The number of ether oxygens (including phenoxy) is 1. The van der Waals surface area contributed by atoms with E-state index in [-0.39, 0.29) is 23.8 Å². The van der Waals surface area contributed by atoms with Crippen molar-refractivity contribution in [1.82, 2.24) is 14.7 Å². The Labute approximate surface area is 205 Å². The molecular weight excluding hydrogens is 448 g/mol. The zero-order valence-corrected chi connectivity index (χ0v) is 21.4. The van der Waals surface area contributed by atoms with Gasteiger partial charge >= 0.3 is 0 Å². The molecule has 0 aliphatic heterocycles. The summed E-state index contributed by atoms with van der Waals surface area (Å²) in [5, 5.41) is 9.70. The van der Waals surface area contributed by atoms with E-state index in [0.29, 0.717) is 18.8 Å². The second-order valence-electron chi connectivity index (χ2n) is 9.25. The normalized spacial score (nSPS) is 11.3. The first-order chi connectivity index (χ1) is 16.2. The number of carbonyl (C=O) groups is 2. The minimum Gasteiger partial charge on any atom is -0.497 e. The molecule has 0 aliphatic rings. The molecule has 0 spiro atoms. The number of carbonyl (C=O) groups excluding carboxylic acids is 2. The number of thiophene rings is 1. The Morgan fingerprint density at radius 1 is 1.18 bits per heavy atom. The molecule has 34 heavy (non-hydrogen) atoms. The fourth-order valence-corrected chi connectivity index (χ4v) is 4.12.